The van der Waals surface area contributed by atoms with Crippen molar-refractivity contribution in [3.05, 3.63) is 80.2 Å². The van der Waals surface area contributed by atoms with Gasteiger partial charge in [0.05, 0.1) is 10.0 Å². The molecule has 3 rings (SSSR count). The maximum Gasteiger partial charge on any atom is 0.291 e. The summed E-state index contributed by atoms with van der Waals surface area (Å²) in [6.45, 7) is 4.00. The van der Waals surface area contributed by atoms with Gasteiger partial charge >= 0.3 is 0 Å². The number of halogens is 3. The molecule has 0 radical (unpaired) electrons. The number of hydrogen-bond acceptors (Lipinski definition) is 3. The average molecular weight is 425 g/mol. The molecule has 0 saturated carbocycles. The van der Waals surface area contributed by atoms with Crippen LogP contribution in [0.25, 0.3) is 0 Å². The van der Waals surface area contributed by atoms with Gasteiger partial charge in [-0.1, -0.05) is 46.9 Å². The molecule has 2 aromatic carbocycles. The van der Waals surface area contributed by atoms with Crippen molar-refractivity contribution in [3.63, 3.8) is 0 Å². The van der Waals surface area contributed by atoms with Crippen molar-refractivity contribution >= 4 is 46.4 Å². The Balaban J connectivity index is 1.68. The third kappa shape index (κ3) is 4.59. The van der Waals surface area contributed by atoms with Crippen LogP contribution in [0, 0.1) is 13.8 Å². The number of nitrogens with one attached hydrogen (secondary N) is 1. The van der Waals surface area contributed by atoms with Gasteiger partial charge in [-0.25, -0.2) is 0 Å². The van der Waals surface area contributed by atoms with Crippen LogP contribution in [0.3, 0.4) is 0 Å². The minimum atomic E-state index is -0.336. The zero-order valence-corrected chi connectivity index (χ0v) is 16.9. The second-order valence-corrected chi connectivity index (χ2v) is 7.21. The fraction of sp³-hybridized carbons (Fsp3) is 0.150. The van der Waals surface area contributed by atoms with Crippen molar-refractivity contribution in [2.75, 3.05) is 5.32 Å². The number of furan rings is 1. The van der Waals surface area contributed by atoms with Crippen LogP contribution in [0.1, 0.15) is 27.4 Å². The first-order valence-electron chi connectivity index (χ1n) is 8.09. The lowest BCUT2D eigenvalue weighted by Gasteiger charge is -2.10. The number of aryl methyl sites for hydroxylation is 1. The molecule has 0 aliphatic heterocycles. The molecule has 4 nitrogen and oxygen atoms in total. The van der Waals surface area contributed by atoms with Gasteiger partial charge in [0.15, 0.2) is 11.5 Å². The lowest BCUT2D eigenvalue weighted by molar-refractivity contribution is 0.0992. The van der Waals surface area contributed by atoms with Crippen molar-refractivity contribution in [1.82, 2.24) is 0 Å². The van der Waals surface area contributed by atoms with Crippen molar-refractivity contribution in [2.45, 2.75) is 20.5 Å². The van der Waals surface area contributed by atoms with E-state index in [0.29, 0.717) is 26.6 Å². The molecule has 0 spiro atoms. The molecule has 27 heavy (non-hydrogen) atoms. The highest BCUT2D eigenvalue weighted by atomic mass is 35.5. The van der Waals surface area contributed by atoms with Crippen LogP contribution in [-0.4, -0.2) is 5.91 Å². The summed E-state index contributed by atoms with van der Waals surface area (Å²) < 4.78 is 11.2. The number of carbonyl (C=O) groups is 1. The minimum absolute atomic E-state index is 0.0673. The second kappa shape index (κ2) is 8.26. The Morgan fingerprint density at radius 2 is 1.78 bits per heavy atom. The molecule has 7 heteroatoms. The summed E-state index contributed by atoms with van der Waals surface area (Å²) in [5, 5.41) is 3.86. The molecule has 1 N–H and O–H groups in total. The smallest absolute Gasteiger partial charge is 0.291 e. The predicted molar refractivity (Wildman–Crippen MR) is 108 cm³/mol. The van der Waals surface area contributed by atoms with E-state index in [0.717, 1.165) is 16.8 Å². The summed E-state index contributed by atoms with van der Waals surface area (Å²) in [6, 6.07) is 12.0. The van der Waals surface area contributed by atoms with Crippen molar-refractivity contribution in [1.29, 1.82) is 0 Å². The molecule has 0 aliphatic carbocycles. The Morgan fingerprint density at radius 1 is 1.07 bits per heavy atom. The number of amides is 1. The first-order chi connectivity index (χ1) is 12.8. The number of rotatable bonds is 5. The fourth-order valence-corrected chi connectivity index (χ4v) is 3.38. The third-order valence-electron chi connectivity index (χ3n) is 4.06. The van der Waals surface area contributed by atoms with E-state index in [1.165, 1.54) is 12.1 Å². The first kappa shape index (κ1) is 19.6. The second-order valence-electron chi connectivity index (χ2n) is 5.95. The lowest BCUT2D eigenvalue weighted by Crippen LogP contribution is -2.12. The number of ether oxygens (including phenoxy) is 1. The van der Waals surface area contributed by atoms with Crippen LogP contribution in [0.15, 0.2) is 46.9 Å². The Kier molecular flexibility index (Phi) is 6.00. The lowest BCUT2D eigenvalue weighted by atomic mass is 10.1. The van der Waals surface area contributed by atoms with E-state index in [4.69, 9.17) is 44.0 Å². The van der Waals surface area contributed by atoms with Gasteiger partial charge in [-0.05, 0) is 55.3 Å². The number of hydrogen-bond donors (Lipinski definition) is 1. The third-order valence-corrected chi connectivity index (χ3v) is 4.84. The Bertz CT molecular complexity index is 975. The topological polar surface area (TPSA) is 51.5 Å². The monoisotopic (exact) mass is 423 g/mol. The van der Waals surface area contributed by atoms with E-state index in [1.807, 2.05) is 32.0 Å². The van der Waals surface area contributed by atoms with Crippen molar-refractivity contribution in [3.8, 4) is 5.75 Å². The van der Waals surface area contributed by atoms with E-state index in [-0.39, 0.29) is 18.3 Å². The molecule has 0 aliphatic rings. The summed E-state index contributed by atoms with van der Waals surface area (Å²) in [5.74, 6) is 0.615. The summed E-state index contributed by atoms with van der Waals surface area (Å²) in [4.78, 5) is 12.4. The maximum atomic E-state index is 12.4. The van der Waals surface area contributed by atoms with Gasteiger partial charge in [-0.15, -0.1) is 0 Å². The van der Waals surface area contributed by atoms with Gasteiger partial charge < -0.3 is 14.5 Å². The summed E-state index contributed by atoms with van der Waals surface area (Å²) in [5.41, 5.74) is 2.85. The van der Waals surface area contributed by atoms with E-state index in [2.05, 4.69) is 5.32 Å². The van der Waals surface area contributed by atoms with Gasteiger partial charge in [0.25, 0.3) is 5.91 Å². The van der Waals surface area contributed by atoms with Crippen LogP contribution in [0.2, 0.25) is 15.1 Å². The Hall–Kier alpha value is -2.14. The van der Waals surface area contributed by atoms with Crippen LogP contribution >= 0.6 is 34.8 Å². The molecule has 1 heterocycles. The molecule has 1 aromatic heterocycles. The summed E-state index contributed by atoms with van der Waals surface area (Å²) in [7, 11) is 0. The SMILES string of the molecule is Cc1cccc(NC(=O)c2ccc(COc3c(Cl)cc(Cl)cc3Cl)o2)c1C. The van der Waals surface area contributed by atoms with Crippen LogP contribution in [0.5, 0.6) is 5.75 Å². The zero-order chi connectivity index (χ0) is 19.6. The van der Waals surface area contributed by atoms with Gasteiger partial charge in [0, 0.05) is 10.7 Å². The van der Waals surface area contributed by atoms with Gasteiger partial charge in [0.2, 0.25) is 0 Å². The summed E-state index contributed by atoms with van der Waals surface area (Å²) >= 11 is 18.0. The first-order valence-corrected chi connectivity index (χ1v) is 9.22. The molecule has 0 bridgehead atoms. The van der Waals surface area contributed by atoms with Gasteiger partial charge in [-0.3, -0.25) is 4.79 Å². The number of carbonyl (C=O) groups excluding carboxylic acids is 1. The molecule has 0 atom stereocenters. The normalized spacial score (nSPS) is 10.7. The molecular formula is C20H16Cl3NO3. The molecule has 0 fully saturated rings. The molecule has 3 aromatic rings. The van der Waals surface area contributed by atoms with E-state index >= 15 is 0 Å². The standard InChI is InChI=1S/C20H16Cl3NO3/c1-11-4-3-5-17(12(11)2)24-20(25)18-7-6-14(27-18)10-26-19-15(22)8-13(21)9-16(19)23/h3-9H,10H2,1-2H3,(H,24,25). The highest BCUT2D eigenvalue weighted by molar-refractivity contribution is 6.40. The molecule has 0 unspecified atom stereocenters. The largest absolute Gasteiger partial charge is 0.483 e. The molecule has 0 saturated heterocycles. The fourth-order valence-electron chi connectivity index (χ4n) is 2.46. The highest BCUT2D eigenvalue weighted by Gasteiger charge is 2.15. The molecule has 140 valence electrons. The minimum Gasteiger partial charge on any atom is -0.483 e. The van der Waals surface area contributed by atoms with E-state index in [1.54, 1.807) is 12.1 Å². The predicted octanol–water partition coefficient (Wildman–Crippen LogP) is 6.69. The van der Waals surface area contributed by atoms with Crippen LogP contribution < -0.4 is 10.1 Å². The van der Waals surface area contributed by atoms with E-state index in [9.17, 15) is 4.79 Å². The number of benzene rings is 2. The van der Waals surface area contributed by atoms with Gasteiger partial charge in [-0.2, -0.15) is 0 Å². The van der Waals surface area contributed by atoms with Crippen molar-refractivity contribution < 1.29 is 13.9 Å². The molecular weight excluding hydrogens is 409 g/mol. The van der Waals surface area contributed by atoms with Gasteiger partial charge in [0.1, 0.15) is 12.4 Å². The quantitative estimate of drug-likeness (QED) is 0.496. The highest BCUT2D eigenvalue weighted by Crippen LogP contribution is 2.36. The maximum absolute atomic E-state index is 12.4. The molecule has 1 amide bonds. The van der Waals surface area contributed by atoms with E-state index < -0.39 is 0 Å². The Morgan fingerprint density at radius 3 is 2.48 bits per heavy atom. The summed E-state index contributed by atoms with van der Waals surface area (Å²) in [6.07, 6.45) is 0. The average Bonchev–Trinajstić information content (AvgIpc) is 3.07. The zero-order valence-electron chi connectivity index (χ0n) is 14.6. The number of anilines is 1. The Labute approximate surface area is 172 Å². The van der Waals surface area contributed by atoms with Crippen LogP contribution in [-0.2, 0) is 6.61 Å². The van der Waals surface area contributed by atoms with Crippen LogP contribution in [0.4, 0.5) is 5.69 Å². The van der Waals surface area contributed by atoms with Crippen molar-refractivity contribution in [2.24, 2.45) is 0 Å².